The van der Waals surface area contributed by atoms with Crippen LogP contribution < -0.4 is 10.1 Å². The second kappa shape index (κ2) is 7.66. The predicted octanol–water partition coefficient (Wildman–Crippen LogP) is 1.84. The maximum Gasteiger partial charge on any atom is 0.294 e. The molecule has 0 unspecified atom stereocenters. The minimum atomic E-state index is 0.601. The van der Waals surface area contributed by atoms with Crippen molar-refractivity contribution < 1.29 is 9.47 Å². The van der Waals surface area contributed by atoms with Gasteiger partial charge in [0.05, 0.1) is 6.61 Å². The quantitative estimate of drug-likeness (QED) is 0.767. The topological polar surface area (TPSA) is 56.3 Å². The molecule has 6 heteroatoms. The number of aromatic nitrogens is 2. The molecule has 5 nitrogen and oxygen atoms in total. The van der Waals surface area contributed by atoms with Gasteiger partial charge in [-0.05, 0) is 31.7 Å². The molecule has 0 atom stereocenters. The summed E-state index contributed by atoms with van der Waals surface area (Å²) in [5, 5.41) is 13.1. The molecule has 2 rings (SSSR count). The minimum Gasteiger partial charge on any atom is -0.469 e. The molecule has 0 radical (unpaired) electrons. The van der Waals surface area contributed by atoms with Crippen LogP contribution in [0.1, 0.15) is 31.2 Å². The zero-order chi connectivity index (χ0) is 12.6. The number of hydrogen-bond donors (Lipinski definition) is 1. The number of nitrogens with zero attached hydrogens (tertiary/aromatic N) is 2. The van der Waals surface area contributed by atoms with Crippen LogP contribution in [0.15, 0.2) is 0 Å². The molecule has 2 heterocycles. The SMILES string of the molecule is CCCNCc1nnc(OCC2CCOCC2)s1. The van der Waals surface area contributed by atoms with Crippen molar-refractivity contribution in [2.45, 2.75) is 32.7 Å². The zero-order valence-electron chi connectivity index (χ0n) is 10.9. The second-order valence-corrected chi connectivity index (χ2v) is 5.53. The van der Waals surface area contributed by atoms with Crippen LogP contribution >= 0.6 is 11.3 Å². The Labute approximate surface area is 112 Å². The summed E-state index contributed by atoms with van der Waals surface area (Å²) in [6.45, 7) is 6.40. The van der Waals surface area contributed by atoms with Gasteiger partial charge in [-0.25, -0.2) is 0 Å². The van der Waals surface area contributed by atoms with Crippen LogP contribution in [-0.2, 0) is 11.3 Å². The van der Waals surface area contributed by atoms with E-state index in [1.54, 1.807) is 0 Å². The Kier molecular flexibility index (Phi) is 5.83. The lowest BCUT2D eigenvalue weighted by Crippen LogP contribution is -2.21. The van der Waals surface area contributed by atoms with E-state index in [0.29, 0.717) is 11.1 Å². The lowest BCUT2D eigenvalue weighted by atomic mass is 10.0. The maximum atomic E-state index is 5.69. The Morgan fingerprint density at radius 2 is 2.22 bits per heavy atom. The standard InChI is InChI=1S/C12H21N3O2S/c1-2-5-13-8-11-14-15-12(18-11)17-9-10-3-6-16-7-4-10/h10,13H,2-9H2,1H3. The summed E-state index contributed by atoms with van der Waals surface area (Å²) in [4.78, 5) is 0. The van der Waals surface area contributed by atoms with Crippen molar-refractivity contribution in [3.63, 3.8) is 0 Å². The first-order valence-corrected chi connectivity index (χ1v) is 7.43. The molecule has 1 aromatic rings. The van der Waals surface area contributed by atoms with Crippen molar-refractivity contribution >= 4 is 11.3 Å². The average Bonchev–Trinajstić information content (AvgIpc) is 2.86. The summed E-state index contributed by atoms with van der Waals surface area (Å²) in [6.07, 6.45) is 3.30. The summed E-state index contributed by atoms with van der Waals surface area (Å²) in [5.74, 6) is 0.601. The van der Waals surface area contributed by atoms with Gasteiger partial charge in [-0.1, -0.05) is 18.3 Å². The molecule has 1 N–H and O–H groups in total. The van der Waals surface area contributed by atoms with Crippen LogP contribution in [0.3, 0.4) is 0 Å². The van der Waals surface area contributed by atoms with Gasteiger partial charge in [0.15, 0.2) is 0 Å². The van der Waals surface area contributed by atoms with Crippen molar-refractivity contribution in [2.75, 3.05) is 26.4 Å². The molecule has 1 saturated heterocycles. The molecule has 0 aromatic carbocycles. The fraction of sp³-hybridized carbons (Fsp3) is 0.833. The molecule has 102 valence electrons. The van der Waals surface area contributed by atoms with Gasteiger partial charge < -0.3 is 14.8 Å². The first-order valence-electron chi connectivity index (χ1n) is 6.62. The summed E-state index contributed by atoms with van der Waals surface area (Å²) in [7, 11) is 0. The monoisotopic (exact) mass is 271 g/mol. The first kappa shape index (κ1) is 13.7. The van der Waals surface area contributed by atoms with Gasteiger partial charge in [0.2, 0.25) is 0 Å². The molecule has 0 bridgehead atoms. The Morgan fingerprint density at radius 3 is 3.00 bits per heavy atom. The van der Waals surface area contributed by atoms with E-state index < -0.39 is 0 Å². The van der Waals surface area contributed by atoms with E-state index >= 15 is 0 Å². The third-order valence-corrected chi connectivity index (χ3v) is 3.77. The number of ether oxygens (including phenoxy) is 2. The van der Waals surface area contributed by atoms with Gasteiger partial charge in [-0.3, -0.25) is 0 Å². The van der Waals surface area contributed by atoms with E-state index in [1.807, 2.05) is 0 Å². The van der Waals surface area contributed by atoms with Gasteiger partial charge in [0, 0.05) is 19.8 Å². The third-order valence-electron chi connectivity index (χ3n) is 2.93. The summed E-state index contributed by atoms with van der Waals surface area (Å²) in [6, 6.07) is 0. The normalized spacial score (nSPS) is 16.9. The van der Waals surface area contributed by atoms with Crippen molar-refractivity contribution in [1.29, 1.82) is 0 Å². The van der Waals surface area contributed by atoms with Gasteiger partial charge in [-0.2, -0.15) is 0 Å². The minimum absolute atomic E-state index is 0.601. The summed E-state index contributed by atoms with van der Waals surface area (Å²) >= 11 is 1.53. The highest BCUT2D eigenvalue weighted by Crippen LogP contribution is 2.21. The molecule has 18 heavy (non-hydrogen) atoms. The molecule has 0 spiro atoms. The highest BCUT2D eigenvalue weighted by Gasteiger charge is 2.15. The highest BCUT2D eigenvalue weighted by molar-refractivity contribution is 7.13. The lowest BCUT2D eigenvalue weighted by molar-refractivity contribution is 0.0496. The summed E-state index contributed by atoms with van der Waals surface area (Å²) < 4.78 is 11.0. The zero-order valence-corrected chi connectivity index (χ0v) is 11.7. The Balaban J connectivity index is 1.69. The fourth-order valence-electron chi connectivity index (χ4n) is 1.84. The highest BCUT2D eigenvalue weighted by atomic mass is 32.1. The van der Waals surface area contributed by atoms with Gasteiger partial charge in [0.25, 0.3) is 5.19 Å². The van der Waals surface area contributed by atoms with Crippen molar-refractivity contribution in [3.05, 3.63) is 5.01 Å². The van der Waals surface area contributed by atoms with Crippen LogP contribution in [0.4, 0.5) is 0 Å². The van der Waals surface area contributed by atoms with Crippen molar-refractivity contribution in [1.82, 2.24) is 15.5 Å². The maximum absolute atomic E-state index is 5.69. The number of nitrogens with one attached hydrogen (secondary N) is 1. The second-order valence-electron chi connectivity index (χ2n) is 4.51. The van der Waals surface area contributed by atoms with Crippen LogP contribution in [-0.4, -0.2) is 36.6 Å². The summed E-state index contributed by atoms with van der Waals surface area (Å²) in [5.41, 5.74) is 0. The Morgan fingerprint density at radius 1 is 1.39 bits per heavy atom. The van der Waals surface area contributed by atoms with Gasteiger partial charge in [-0.15, -0.1) is 10.2 Å². The molecule has 0 aliphatic carbocycles. The van der Waals surface area contributed by atoms with Crippen LogP contribution in [0, 0.1) is 5.92 Å². The van der Waals surface area contributed by atoms with E-state index in [0.717, 1.165) is 57.2 Å². The third kappa shape index (κ3) is 4.51. The molecule has 0 saturated carbocycles. The van der Waals surface area contributed by atoms with E-state index in [-0.39, 0.29) is 0 Å². The number of hydrogen-bond acceptors (Lipinski definition) is 6. The average molecular weight is 271 g/mol. The molecule has 1 aromatic heterocycles. The van der Waals surface area contributed by atoms with Gasteiger partial charge in [0.1, 0.15) is 5.01 Å². The first-order chi connectivity index (χ1) is 8.88. The van der Waals surface area contributed by atoms with E-state index in [1.165, 1.54) is 11.3 Å². The molecular weight excluding hydrogens is 250 g/mol. The van der Waals surface area contributed by atoms with E-state index in [2.05, 4.69) is 22.4 Å². The van der Waals surface area contributed by atoms with Crippen LogP contribution in [0.5, 0.6) is 5.19 Å². The fourth-order valence-corrected chi connectivity index (χ4v) is 2.51. The molecule has 1 fully saturated rings. The lowest BCUT2D eigenvalue weighted by Gasteiger charge is -2.21. The van der Waals surface area contributed by atoms with Gasteiger partial charge >= 0.3 is 0 Å². The van der Waals surface area contributed by atoms with E-state index in [4.69, 9.17) is 9.47 Å². The van der Waals surface area contributed by atoms with Crippen molar-refractivity contribution in [2.24, 2.45) is 5.92 Å². The van der Waals surface area contributed by atoms with Crippen molar-refractivity contribution in [3.8, 4) is 5.19 Å². The number of rotatable bonds is 7. The molecule has 1 aliphatic heterocycles. The predicted molar refractivity (Wildman–Crippen MR) is 70.9 cm³/mol. The van der Waals surface area contributed by atoms with Crippen LogP contribution in [0.25, 0.3) is 0 Å². The van der Waals surface area contributed by atoms with Crippen LogP contribution in [0.2, 0.25) is 0 Å². The molecule has 1 aliphatic rings. The Bertz CT molecular complexity index is 340. The molecular formula is C12H21N3O2S. The Hall–Kier alpha value is -0.720. The largest absolute Gasteiger partial charge is 0.469 e. The smallest absolute Gasteiger partial charge is 0.294 e. The van der Waals surface area contributed by atoms with E-state index in [9.17, 15) is 0 Å². The molecule has 0 amide bonds.